The minimum Gasteiger partial charge on any atom is -0.369 e. The highest BCUT2D eigenvalue weighted by molar-refractivity contribution is 5.74. The van der Waals surface area contributed by atoms with Crippen molar-refractivity contribution in [1.82, 2.24) is 9.97 Å². The molecule has 0 bridgehead atoms. The Morgan fingerprint density at radius 3 is 2.53 bits per heavy atom. The van der Waals surface area contributed by atoms with E-state index in [9.17, 15) is 4.39 Å². The number of hydrogen-bond donors (Lipinski definition) is 0. The minimum absolute atomic E-state index is 0.230. The van der Waals surface area contributed by atoms with Crippen LogP contribution in [0.2, 0.25) is 0 Å². The largest absolute Gasteiger partial charge is 0.369 e. The van der Waals surface area contributed by atoms with Crippen LogP contribution in [0.25, 0.3) is 11.3 Å². The molecule has 1 aromatic carbocycles. The monoisotopic (exact) mass is 256 g/mol. The van der Waals surface area contributed by atoms with Crippen molar-refractivity contribution < 1.29 is 4.39 Å². The van der Waals surface area contributed by atoms with E-state index in [1.165, 1.54) is 18.5 Å². The van der Waals surface area contributed by atoms with Gasteiger partial charge in [0.15, 0.2) is 0 Å². The first-order valence-electron chi connectivity index (χ1n) is 6.47. The summed E-state index contributed by atoms with van der Waals surface area (Å²) in [5.41, 5.74) is 2.83. The topological polar surface area (TPSA) is 29.0 Å². The highest BCUT2D eigenvalue weighted by Crippen LogP contribution is 2.29. The number of aromatic nitrogens is 2. The molecule has 2 heterocycles. The van der Waals surface area contributed by atoms with Gasteiger partial charge in [0.25, 0.3) is 0 Å². The van der Waals surface area contributed by atoms with Crippen molar-refractivity contribution >= 4 is 5.69 Å². The molecule has 0 saturated carbocycles. The van der Waals surface area contributed by atoms with E-state index in [4.69, 9.17) is 0 Å². The van der Waals surface area contributed by atoms with Gasteiger partial charge in [-0.05, 0) is 43.5 Å². The molecular formula is C15H15FN3. The Kier molecular flexibility index (Phi) is 3.40. The number of halogens is 1. The fourth-order valence-electron chi connectivity index (χ4n) is 2.38. The first kappa shape index (κ1) is 12.1. The third-order valence-corrected chi connectivity index (χ3v) is 3.36. The van der Waals surface area contributed by atoms with E-state index in [1.54, 1.807) is 12.1 Å². The van der Waals surface area contributed by atoms with E-state index in [0.717, 1.165) is 42.9 Å². The molecule has 0 spiro atoms. The van der Waals surface area contributed by atoms with Crippen LogP contribution in [0.4, 0.5) is 10.1 Å². The summed E-state index contributed by atoms with van der Waals surface area (Å²) in [5.74, 6) is -0.230. The Morgan fingerprint density at radius 1 is 1.05 bits per heavy atom. The summed E-state index contributed by atoms with van der Waals surface area (Å²) in [7, 11) is 0. The van der Waals surface area contributed by atoms with Crippen LogP contribution in [-0.4, -0.2) is 23.1 Å². The molecule has 0 unspecified atom stereocenters. The zero-order chi connectivity index (χ0) is 13.1. The van der Waals surface area contributed by atoms with Crippen molar-refractivity contribution in [1.29, 1.82) is 0 Å². The molecular weight excluding hydrogens is 241 g/mol. The summed E-state index contributed by atoms with van der Waals surface area (Å²) in [6, 6.07) is 6.45. The van der Waals surface area contributed by atoms with Crippen molar-refractivity contribution in [2.75, 3.05) is 18.0 Å². The molecule has 0 atom stereocenters. The van der Waals surface area contributed by atoms with E-state index in [2.05, 4.69) is 21.3 Å². The highest BCUT2D eigenvalue weighted by Gasteiger charge is 2.16. The summed E-state index contributed by atoms with van der Waals surface area (Å²) in [4.78, 5) is 10.8. The SMILES string of the molecule is Fc1ccc(-c2ncncc2N2CC[CH]CC2)cc1. The maximum Gasteiger partial charge on any atom is 0.123 e. The van der Waals surface area contributed by atoms with Crippen LogP contribution < -0.4 is 4.90 Å². The van der Waals surface area contributed by atoms with Gasteiger partial charge in [-0.1, -0.05) is 0 Å². The third kappa shape index (κ3) is 2.57. The Hall–Kier alpha value is -1.97. The first-order chi connectivity index (χ1) is 9.34. The van der Waals surface area contributed by atoms with Crippen LogP contribution >= 0.6 is 0 Å². The van der Waals surface area contributed by atoms with Gasteiger partial charge in [-0.3, -0.25) is 0 Å². The summed E-state index contributed by atoms with van der Waals surface area (Å²) < 4.78 is 13.0. The van der Waals surface area contributed by atoms with Crippen molar-refractivity contribution in [3.63, 3.8) is 0 Å². The van der Waals surface area contributed by atoms with Gasteiger partial charge in [0.1, 0.15) is 12.1 Å². The fraction of sp³-hybridized carbons (Fsp3) is 0.267. The predicted molar refractivity (Wildman–Crippen MR) is 73.2 cm³/mol. The first-order valence-corrected chi connectivity index (χ1v) is 6.47. The zero-order valence-electron chi connectivity index (χ0n) is 10.6. The van der Waals surface area contributed by atoms with Crippen LogP contribution in [0, 0.1) is 12.2 Å². The molecule has 19 heavy (non-hydrogen) atoms. The molecule has 0 amide bonds. The Bertz CT molecular complexity index is 548. The molecule has 1 aliphatic rings. The second-order valence-corrected chi connectivity index (χ2v) is 4.62. The zero-order valence-corrected chi connectivity index (χ0v) is 10.6. The second-order valence-electron chi connectivity index (χ2n) is 4.62. The van der Waals surface area contributed by atoms with Crippen molar-refractivity contribution in [2.45, 2.75) is 12.8 Å². The van der Waals surface area contributed by atoms with Gasteiger partial charge in [0.05, 0.1) is 17.6 Å². The molecule has 3 rings (SSSR count). The van der Waals surface area contributed by atoms with E-state index < -0.39 is 0 Å². The summed E-state index contributed by atoms with van der Waals surface area (Å²) in [5, 5.41) is 0. The standard InChI is InChI=1S/C15H15FN3/c16-13-6-4-12(5-7-13)15-14(10-17-11-18-15)19-8-2-1-3-9-19/h1,4-7,10-11H,2-3,8-9H2. The van der Waals surface area contributed by atoms with Crippen molar-refractivity contribution in [2.24, 2.45) is 0 Å². The van der Waals surface area contributed by atoms with Crippen LogP contribution in [0.1, 0.15) is 12.8 Å². The van der Waals surface area contributed by atoms with Crippen molar-refractivity contribution in [3.8, 4) is 11.3 Å². The van der Waals surface area contributed by atoms with E-state index in [-0.39, 0.29) is 5.82 Å². The Morgan fingerprint density at radius 2 is 1.79 bits per heavy atom. The predicted octanol–water partition coefficient (Wildman–Crippen LogP) is 3.09. The Labute approximate surface area is 112 Å². The lowest BCUT2D eigenvalue weighted by Crippen LogP contribution is -2.30. The quantitative estimate of drug-likeness (QED) is 0.826. The van der Waals surface area contributed by atoms with E-state index in [1.807, 2.05) is 6.20 Å². The number of rotatable bonds is 2. The molecule has 1 radical (unpaired) electrons. The average Bonchev–Trinajstić information content (AvgIpc) is 2.49. The summed E-state index contributed by atoms with van der Waals surface area (Å²) in [6.45, 7) is 1.98. The molecule has 3 nitrogen and oxygen atoms in total. The van der Waals surface area contributed by atoms with Gasteiger partial charge in [0.2, 0.25) is 0 Å². The van der Waals surface area contributed by atoms with Crippen LogP contribution in [0.5, 0.6) is 0 Å². The third-order valence-electron chi connectivity index (χ3n) is 3.36. The smallest absolute Gasteiger partial charge is 0.123 e. The molecule has 1 saturated heterocycles. The number of anilines is 1. The lowest BCUT2D eigenvalue weighted by molar-refractivity contribution is 0.628. The minimum atomic E-state index is -0.230. The van der Waals surface area contributed by atoms with Gasteiger partial charge in [0, 0.05) is 18.7 Å². The van der Waals surface area contributed by atoms with E-state index in [0.29, 0.717) is 0 Å². The number of hydrogen-bond acceptors (Lipinski definition) is 3. The van der Waals surface area contributed by atoms with Crippen LogP contribution in [-0.2, 0) is 0 Å². The summed E-state index contributed by atoms with van der Waals surface area (Å²) in [6.07, 6.45) is 7.85. The maximum atomic E-state index is 13.0. The number of piperidine rings is 1. The molecule has 0 N–H and O–H groups in total. The number of benzene rings is 1. The molecule has 4 heteroatoms. The molecule has 1 aromatic heterocycles. The lowest BCUT2D eigenvalue weighted by Gasteiger charge is -2.29. The lowest BCUT2D eigenvalue weighted by atomic mass is 10.1. The molecule has 97 valence electrons. The highest BCUT2D eigenvalue weighted by atomic mass is 19.1. The van der Waals surface area contributed by atoms with E-state index >= 15 is 0 Å². The van der Waals surface area contributed by atoms with Gasteiger partial charge in [-0.25, -0.2) is 14.4 Å². The molecule has 1 aliphatic heterocycles. The molecule has 2 aromatic rings. The summed E-state index contributed by atoms with van der Waals surface area (Å²) >= 11 is 0. The van der Waals surface area contributed by atoms with Gasteiger partial charge >= 0.3 is 0 Å². The number of nitrogens with zero attached hydrogens (tertiary/aromatic N) is 3. The van der Waals surface area contributed by atoms with Crippen molar-refractivity contribution in [3.05, 3.63) is 49.0 Å². The fourth-order valence-corrected chi connectivity index (χ4v) is 2.38. The maximum absolute atomic E-state index is 13.0. The Balaban J connectivity index is 1.98. The molecule has 1 fully saturated rings. The van der Waals surface area contributed by atoms with Gasteiger partial charge < -0.3 is 4.90 Å². The normalized spacial score (nSPS) is 15.5. The van der Waals surface area contributed by atoms with Crippen LogP contribution in [0.3, 0.4) is 0 Å². The van der Waals surface area contributed by atoms with Gasteiger partial charge in [-0.15, -0.1) is 0 Å². The molecule has 0 aliphatic carbocycles. The van der Waals surface area contributed by atoms with Gasteiger partial charge in [-0.2, -0.15) is 0 Å². The van der Waals surface area contributed by atoms with Crippen LogP contribution in [0.15, 0.2) is 36.8 Å². The second kappa shape index (κ2) is 5.34. The average molecular weight is 256 g/mol.